The topological polar surface area (TPSA) is 42.4 Å². The Morgan fingerprint density at radius 1 is 0.392 bits per heavy atom. The van der Waals surface area contributed by atoms with Gasteiger partial charge in [0.1, 0.15) is 16.7 Å². The average molecular weight is 653 g/mol. The van der Waals surface area contributed by atoms with E-state index in [1.54, 1.807) is 0 Å². The Morgan fingerprint density at radius 3 is 2.02 bits per heavy atom. The Morgan fingerprint density at radius 2 is 1.12 bits per heavy atom. The number of nitrogens with zero attached hydrogens (tertiary/aromatic N) is 2. The molecule has 4 heteroatoms. The van der Waals surface area contributed by atoms with Crippen molar-refractivity contribution in [2.24, 2.45) is 0 Å². The molecule has 0 spiro atoms. The highest BCUT2D eigenvalue weighted by molar-refractivity contribution is 6.21. The van der Waals surface area contributed by atoms with Gasteiger partial charge in [-0.15, -0.1) is 0 Å². The first-order valence-electron chi connectivity index (χ1n) is 17.2. The van der Waals surface area contributed by atoms with Crippen LogP contribution in [0.25, 0.3) is 87.6 Å². The lowest BCUT2D eigenvalue weighted by Crippen LogP contribution is -2.10. The van der Waals surface area contributed by atoms with E-state index in [0.29, 0.717) is 5.89 Å². The number of para-hydroxylation sites is 1. The van der Waals surface area contributed by atoms with Crippen molar-refractivity contribution in [2.75, 3.05) is 4.90 Å². The van der Waals surface area contributed by atoms with E-state index in [9.17, 15) is 0 Å². The van der Waals surface area contributed by atoms with Crippen LogP contribution in [0.5, 0.6) is 0 Å². The summed E-state index contributed by atoms with van der Waals surface area (Å²) in [6.07, 6.45) is 0. The minimum atomic E-state index is 0.582. The summed E-state index contributed by atoms with van der Waals surface area (Å²) < 4.78 is 13.0. The first-order valence-corrected chi connectivity index (χ1v) is 17.2. The average Bonchev–Trinajstić information content (AvgIpc) is 3.78. The minimum absolute atomic E-state index is 0.582. The van der Waals surface area contributed by atoms with Crippen LogP contribution in [0.2, 0.25) is 0 Å². The zero-order valence-corrected chi connectivity index (χ0v) is 27.4. The van der Waals surface area contributed by atoms with Crippen molar-refractivity contribution in [3.63, 3.8) is 0 Å². The van der Waals surface area contributed by atoms with Crippen molar-refractivity contribution in [3.8, 4) is 11.5 Å². The summed E-state index contributed by atoms with van der Waals surface area (Å²) in [5, 5.41) is 11.6. The van der Waals surface area contributed by atoms with E-state index in [1.165, 1.54) is 32.3 Å². The molecule has 0 aliphatic heterocycles. The Balaban J connectivity index is 1.12. The molecule has 0 N–H and O–H groups in total. The third-order valence-electron chi connectivity index (χ3n) is 10.2. The molecule has 0 amide bonds. The number of benzene rings is 9. The Kier molecular flexibility index (Phi) is 5.92. The number of anilines is 3. The van der Waals surface area contributed by atoms with E-state index in [1.807, 2.05) is 24.3 Å². The van der Waals surface area contributed by atoms with Crippen molar-refractivity contribution in [1.82, 2.24) is 4.98 Å². The number of aromatic nitrogens is 1. The molecule has 238 valence electrons. The zero-order chi connectivity index (χ0) is 33.5. The molecule has 0 atom stereocenters. The molecule has 0 fully saturated rings. The fourth-order valence-corrected chi connectivity index (χ4v) is 7.91. The second kappa shape index (κ2) is 10.8. The molecule has 9 aromatic carbocycles. The lowest BCUT2D eigenvalue weighted by atomic mass is 9.95. The molecule has 11 rings (SSSR count). The van der Waals surface area contributed by atoms with E-state index < -0.39 is 0 Å². The van der Waals surface area contributed by atoms with Gasteiger partial charge in [-0.1, -0.05) is 109 Å². The van der Waals surface area contributed by atoms with Crippen LogP contribution in [-0.4, -0.2) is 4.98 Å². The van der Waals surface area contributed by atoms with Gasteiger partial charge in [-0.2, -0.15) is 0 Å². The fraction of sp³-hybridized carbons (Fsp3) is 0. The van der Waals surface area contributed by atoms with Gasteiger partial charge in [0.2, 0.25) is 5.89 Å². The monoisotopic (exact) mass is 652 g/mol. The highest BCUT2D eigenvalue weighted by Gasteiger charge is 2.21. The van der Waals surface area contributed by atoms with Crippen molar-refractivity contribution in [2.45, 2.75) is 0 Å². The number of furan rings is 1. The summed E-state index contributed by atoms with van der Waals surface area (Å²) in [6.45, 7) is 0. The summed E-state index contributed by atoms with van der Waals surface area (Å²) in [5.41, 5.74) is 7.29. The summed E-state index contributed by atoms with van der Waals surface area (Å²) >= 11 is 0. The Bertz CT molecular complexity index is 3100. The van der Waals surface area contributed by atoms with Gasteiger partial charge in [-0.3, -0.25) is 0 Å². The van der Waals surface area contributed by atoms with Crippen LogP contribution in [-0.2, 0) is 0 Å². The highest BCUT2D eigenvalue weighted by Crippen LogP contribution is 2.45. The molecular weight excluding hydrogens is 625 g/mol. The summed E-state index contributed by atoms with van der Waals surface area (Å²) in [4.78, 5) is 7.29. The maximum Gasteiger partial charge on any atom is 0.228 e. The lowest BCUT2D eigenvalue weighted by Gasteiger charge is -2.27. The van der Waals surface area contributed by atoms with Crippen LogP contribution in [0, 0.1) is 0 Å². The van der Waals surface area contributed by atoms with E-state index >= 15 is 0 Å². The first kappa shape index (κ1) is 28.0. The van der Waals surface area contributed by atoms with Gasteiger partial charge in [-0.25, -0.2) is 4.98 Å². The Labute approximate surface area is 292 Å². The van der Waals surface area contributed by atoms with E-state index in [4.69, 9.17) is 13.8 Å². The van der Waals surface area contributed by atoms with Crippen molar-refractivity contribution in [3.05, 3.63) is 170 Å². The predicted molar refractivity (Wildman–Crippen MR) is 211 cm³/mol. The van der Waals surface area contributed by atoms with Crippen molar-refractivity contribution >= 4 is 93.2 Å². The number of oxazole rings is 1. The molecular formula is C47H28N2O2. The third-order valence-corrected chi connectivity index (χ3v) is 10.2. The molecule has 0 saturated heterocycles. The third kappa shape index (κ3) is 4.30. The number of hydrogen-bond acceptors (Lipinski definition) is 4. The van der Waals surface area contributed by atoms with Crippen LogP contribution in [0.15, 0.2) is 179 Å². The van der Waals surface area contributed by atoms with Crippen LogP contribution >= 0.6 is 0 Å². The van der Waals surface area contributed by atoms with Gasteiger partial charge >= 0.3 is 0 Å². The smallest absolute Gasteiger partial charge is 0.228 e. The van der Waals surface area contributed by atoms with Crippen LogP contribution in [0.3, 0.4) is 0 Å². The summed E-state index contributed by atoms with van der Waals surface area (Å²) in [6, 6.07) is 59.8. The zero-order valence-electron chi connectivity index (χ0n) is 27.4. The molecule has 0 radical (unpaired) electrons. The van der Waals surface area contributed by atoms with Gasteiger partial charge in [-0.05, 0) is 92.3 Å². The molecule has 2 heterocycles. The summed E-state index contributed by atoms with van der Waals surface area (Å²) in [7, 11) is 0. The molecule has 0 bridgehead atoms. The van der Waals surface area contributed by atoms with Gasteiger partial charge in [0.05, 0.1) is 5.69 Å². The maximum absolute atomic E-state index is 6.62. The highest BCUT2D eigenvalue weighted by atomic mass is 16.3. The molecule has 2 aromatic heterocycles. The number of rotatable bonds is 4. The molecule has 11 aromatic rings. The standard InChI is InChI=1S/C47H28N2O2/c1-2-14-33(15-3-1)49(41-18-8-13-30-21-23-36-35-16-7-6-10-29(35)20-24-37(36)45(30)41)34-22-25-38-43(28-34)50-42-19-9-17-39(46(38)42)47-48-40-26-31-11-4-5-12-32(31)27-44(40)51-47/h1-28H. The fourth-order valence-electron chi connectivity index (χ4n) is 7.91. The van der Waals surface area contributed by atoms with Crippen molar-refractivity contribution in [1.29, 1.82) is 0 Å². The van der Waals surface area contributed by atoms with E-state index in [-0.39, 0.29) is 0 Å². The van der Waals surface area contributed by atoms with Crippen LogP contribution in [0.1, 0.15) is 0 Å². The molecule has 51 heavy (non-hydrogen) atoms. The van der Waals surface area contributed by atoms with E-state index in [2.05, 4.69) is 150 Å². The molecule has 4 nitrogen and oxygen atoms in total. The van der Waals surface area contributed by atoms with E-state index in [0.717, 1.165) is 66.4 Å². The molecule has 0 unspecified atom stereocenters. The van der Waals surface area contributed by atoms with Gasteiger partial charge in [0.25, 0.3) is 0 Å². The number of hydrogen-bond donors (Lipinski definition) is 0. The normalized spacial score (nSPS) is 11.9. The minimum Gasteiger partial charge on any atom is -0.456 e. The Hall–Kier alpha value is -6.91. The lowest BCUT2D eigenvalue weighted by molar-refractivity contribution is 0.620. The van der Waals surface area contributed by atoms with Gasteiger partial charge in [0, 0.05) is 39.2 Å². The molecule has 0 aliphatic carbocycles. The van der Waals surface area contributed by atoms with Gasteiger partial charge in [0.15, 0.2) is 5.58 Å². The largest absolute Gasteiger partial charge is 0.456 e. The van der Waals surface area contributed by atoms with Crippen LogP contribution in [0.4, 0.5) is 17.1 Å². The first-order chi connectivity index (χ1) is 25.3. The molecule has 0 aliphatic rings. The molecule has 0 saturated carbocycles. The predicted octanol–water partition coefficient (Wildman–Crippen LogP) is 13.5. The second-order valence-corrected chi connectivity index (χ2v) is 13.1. The quantitative estimate of drug-likeness (QED) is 0.177. The van der Waals surface area contributed by atoms with Crippen molar-refractivity contribution < 1.29 is 8.83 Å². The van der Waals surface area contributed by atoms with Crippen LogP contribution < -0.4 is 4.90 Å². The van der Waals surface area contributed by atoms with Gasteiger partial charge < -0.3 is 13.7 Å². The summed E-state index contributed by atoms with van der Waals surface area (Å²) in [5.74, 6) is 0.582. The number of fused-ring (bicyclic) bond motifs is 10. The maximum atomic E-state index is 6.62. The second-order valence-electron chi connectivity index (χ2n) is 13.1. The SMILES string of the molecule is c1ccc(N(c2ccc3c(c2)oc2cccc(-c4nc5cc6ccccc6cc5o4)c23)c2cccc3ccc4c5ccccc5ccc4c23)cc1.